The summed E-state index contributed by atoms with van der Waals surface area (Å²) in [5.74, 6) is -9.77. The van der Waals surface area contributed by atoms with Crippen LogP contribution in [0.15, 0.2) is 42.6 Å². The zero-order chi connectivity index (χ0) is 27.4. The fourth-order valence-electron chi connectivity index (χ4n) is 4.20. The first-order chi connectivity index (χ1) is 18.0. The molecule has 5 rings (SSSR count). The van der Waals surface area contributed by atoms with Crippen LogP contribution in [0.25, 0.3) is 22.3 Å². The Morgan fingerprint density at radius 1 is 1.05 bits per heavy atom. The number of rotatable bonds is 6. The number of anilines is 1. The number of aromatic nitrogens is 4. The van der Waals surface area contributed by atoms with Gasteiger partial charge < -0.3 is 10.5 Å². The Balaban J connectivity index is 1.55. The lowest BCUT2D eigenvalue weighted by Gasteiger charge is -2.14. The highest BCUT2D eigenvalue weighted by atomic mass is 32.2. The minimum absolute atomic E-state index is 0.0151. The summed E-state index contributed by atoms with van der Waals surface area (Å²) in [6.07, 6.45) is 1.56. The van der Waals surface area contributed by atoms with Gasteiger partial charge in [0.2, 0.25) is 27.4 Å². The molecule has 4 aromatic rings. The number of sulfonamides is 1. The third-order valence-electron chi connectivity index (χ3n) is 6.05. The molecule has 15 heteroatoms. The van der Waals surface area contributed by atoms with Crippen LogP contribution < -0.4 is 10.5 Å². The van der Waals surface area contributed by atoms with Crippen molar-refractivity contribution in [1.29, 1.82) is 0 Å². The molecule has 1 saturated heterocycles. The zero-order valence-electron chi connectivity index (χ0n) is 19.2. The molecule has 3 heterocycles. The Kier molecular flexibility index (Phi) is 6.27. The van der Waals surface area contributed by atoms with Crippen LogP contribution in [0.1, 0.15) is 12.5 Å². The fraction of sp³-hybridized carbons (Fsp3) is 0.174. The van der Waals surface area contributed by atoms with E-state index in [4.69, 9.17) is 10.5 Å². The van der Waals surface area contributed by atoms with Crippen LogP contribution in [-0.2, 0) is 10.0 Å². The van der Waals surface area contributed by atoms with Crippen molar-refractivity contribution in [2.24, 2.45) is 0 Å². The summed E-state index contributed by atoms with van der Waals surface area (Å²) in [5.41, 5.74) is 6.17. The second kappa shape index (κ2) is 9.33. The molecule has 2 N–H and O–H groups in total. The van der Waals surface area contributed by atoms with Crippen LogP contribution in [0.3, 0.4) is 0 Å². The van der Waals surface area contributed by atoms with E-state index in [1.807, 2.05) is 0 Å². The minimum Gasteiger partial charge on any atom is -0.451 e. The van der Waals surface area contributed by atoms with Gasteiger partial charge in [-0.3, -0.25) is 0 Å². The second-order valence-corrected chi connectivity index (χ2v) is 10.2. The van der Waals surface area contributed by atoms with Gasteiger partial charge in [-0.15, -0.1) is 0 Å². The molecule has 0 aliphatic carbocycles. The quantitative estimate of drug-likeness (QED) is 0.280. The van der Waals surface area contributed by atoms with E-state index in [2.05, 4.69) is 21.6 Å². The predicted octanol–water partition coefficient (Wildman–Crippen LogP) is 4.28. The lowest BCUT2D eigenvalue weighted by molar-refractivity contribution is 0.365. The monoisotopic (exact) mass is 552 g/mol. The summed E-state index contributed by atoms with van der Waals surface area (Å²) in [6.45, 7) is 3.58. The average molecular weight is 552 g/mol. The number of benzene rings is 2. The number of fused-ring (bicyclic) bond motifs is 1. The molecule has 2 aromatic carbocycles. The number of nitrogens with zero attached hydrogens (tertiary/aromatic N) is 5. The molecule has 1 aliphatic heterocycles. The normalized spacial score (nSPS) is 16.3. The van der Waals surface area contributed by atoms with Gasteiger partial charge in [-0.05, 0) is 18.6 Å². The highest BCUT2D eigenvalue weighted by Gasteiger charge is 2.33. The van der Waals surface area contributed by atoms with Crippen molar-refractivity contribution >= 4 is 26.9 Å². The van der Waals surface area contributed by atoms with E-state index in [1.165, 1.54) is 15.3 Å². The third-order valence-corrected chi connectivity index (χ3v) is 7.52. The average Bonchev–Trinajstić information content (AvgIpc) is 3.52. The molecule has 0 spiro atoms. The van der Waals surface area contributed by atoms with E-state index in [9.17, 15) is 26.0 Å². The molecule has 2 aromatic heterocycles. The van der Waals surface area contributed by atoms with E-state index in [1.54, 1.807) is 0 Å². The number of nitrogens with two attached hydrogens (primary N) is 1. The molecule has 0 amide bonds. The van der Waals surface area contributed by atoms with Crippen molar-refractivity contribution < 1.29 is 35.1 Å². The summed E-state index contributed by atoms with van der Waals surface area (Å²) in [5, 5.41) is 5.49. The first-order valence-corrected chi connectivity index (χ1v) is 12.4. The largest absolute Gasteiger partial charge is 0.451 e. The molecule has 0 radical (unpaired) electrons. The van der Waals surface area contributed by atoms with Crippen LogP contribution in [0, 0.1) is 29.1 Å². The molecule has 38 heavy (non-hydrogen) atoms. The molecular weight excluding hydrogens is 535 g/mol. The SMILES string of the molecule is C=CS(=O)(=O)N1CC[C@@H](n2nc(-c3ccc(Oc4c(F)c(F)cc(F)c4F)cc3F)c3c(N)ncnc32)C1. The molecular formula is C23H17F5N6O3S. The Hall–Kier alpha value is -4.11. The smallest absolute Gasteiger partial charge is 0.235 e. The predicted molar refractivity (Wildman–Crippen MR) is 126 cm³/mol. The number of nitrogen functional groups attached to an aromatic ring is 1. The molecule has 198 valence electrons. The van der Waals surface area contributed by atoms with Crippen LogP contribution in [0.5, 0.6) is 11.5 Å². The van der Waals surface area contributed by atoms with E-state index in [0.29, 0.717) is 6.42 Å². The van der Waals surface area contributed by atoms with Crippen molar-refractivity contribution in [2.75, 3.05) is 18.8 Å². The number of hydrogen-bond acceptors (Lipinski definition) is 7. The third kappa shape index (κ3) is 4.22. The number of ether oxygens (including phenoxy) is 1. The first-order valence-electron chi connectivity index (χ1n) is 10.9. The van der Waals surface area contributed by atoms with Gasteiger partial charge >= 0.3 is 0 Å². The fourth-order valence-corrected chi connectivity index (χ4v) is 5.15. The van der Waals surface area contributed by atoms with Gasteiger partial charge in [-0.1, -0.05) is 6.58 Å². The van der Waals surface area contributed by atoms with Gasteiger partial charge in [0.1, 0.15) is 29.4 Å². The number of halogens is 5. The molecule has 1 atom stereocenters. The highest BCUT2D eigenvalue weighted by molar-refractivity contribution is 7.92. The van der Waals surface area contributed by atoms with Crippen LogP contribution >= 0.6 is 0 Å². The highest BCUT2D eigenvalue weighted by Crippen LogP contribution is 2.37. The maximum atomic E-state index is 15.3. The minimum atomic E-state index is -3.67. The Bertz CT molecular complexity index is 1690. The summed E-state index contributed by atoms with van der Waals surface area (Å²) >= 11 is 0. The van der Waals surface area contributed by atoms with Gasteiger partial charge in [0.05, 0.1) is 11.4 Å². The topological polar surface area (TPSA) is 116 Å². The van der Waals surface area contributed by atoms with E-state index in [-0.39, 0.29) is 47.3 Å². The van der Waals surface area contributed by atoms with Crippen molar-refractivity contribution in [2.45, 2.75) is 12.5 Å². The van der Waals surface area contributed by atoms with E-state index in [0.717, 1.165) is 23.6 Å². The Morgan fingerprint density at radius 2 is 1.76 bits per heavy atom. The van der Waals surface area contributed by atoms with Crippen molar-refractivity contribution in [3.05, 3.63) is 71.7 Å². The van der Waals surface area contributed by atoms with Crippen LogP contribution in [0.4, 0.5) is 27.8 Å². The maximum absolute atomic E-state index is 15.3. The standard InChI is InChI=1S/C23H17F5N6O3S/c1-2-38(35,36)33-6-5-11(9-33)34-23-17(22(29)30-10-31-23)20(32-34)13-4-3-12(7-14(13)24)37-21-18(27)15(25)8-16(26)19(21)28/h2-4,7-8,10-11H,1,5-6,9H2,(H2,29,30,31)/t11-/m1/s1. The van der Waals surface area contributed by atoms with Crippen LogP contribution in [-0.4, -0.2) is 45.6 Å². The van der Waals surface area contributed by atoms with Gasteiger partial charge in [0, 0.05) is 36.2 Å². The Labute approximate surface area is 212 Å². The van der Waals surface area contributed by atoms with Crippen molar-refractivity contribution in [3.8, 4) is 22.8 Å². The van der Waals surface area contributed by atoms with E-state index >= 15 is 4.39 Å². The molecule has 0 saturated carbocycles. The lowest BCUT2D eigenvalue weighted by atomic mass is 10.1. The summed E-state index contributed by atoms with van der Waals surface area (Å²) in [4.78, 5) is 8.13. The maximum Gasteiger partial charge on any atom is 0.235 e. The molecule has 0 bridgehead atoms. The van der Waals surface area contributed by atoms with Gasteiger partial charge in [-0.25, -0.2) is 36.2 Å². The van der Waals surface area contributed by atoms with E-state index < -0.39 is 56.7 Å². The van der Waals surface area contributed by atoms with Crippen molar-refractivity contribution in [3.63, 3.8) is 0 Å². The van der Waals surface area contributed by atoms with Crippen LogP contribution in [0.2, 0.25) is 0 Å². The molecule has 1 aliphatic rings. The Morgan fingerprint density at radius 3 is 2.42 bits per heavy atom. The van der Waals surface area contributed by atoms with Gasteiger partial charge in [0.25, 0.3) is 0 Å². The summed E-state index contributed by atoms with van der Waals surface area (Å²) in [6, 6.07) is 2.58. The first kappa shape index (κ1) is 25.5. The molecule has 0 unspecified atom stereocenters. The van der Waals surface area contributed by atoms with Crippen molar-refractivity contribution in [1.82, 2.24) is 24.1 Å². The summed E-state index contributed by atoms with van der Waals surface area (Å²) in [7, 11) is -3.67. The second-order valence-electron chi connectivity index (χ2n) is 8.30. The van der Waals surface area contributed by atoms with Gasteiger partial charge in [-0.2, -0.15) is 18.2 Å². The van der Waals surface area contributed by atoms with Gasteiger partial charge in [0.15, 0.2) is 17.3 Å². The number of hydrogen-bond donors (Lipinski definition) is 1. The summed E-state index contributed by atoms with van der Waals surface area (Å²) < 4.78 is 102. The molecule has 1 fully saturated rings. The zero-order valence-corrected chi connectivity index (χ0v) is 20.0. The molecule has 9 nitrogen and oxygen atoms in total. The lowest BCUT2D eigenvalue weighted by Crippen LogP contribution is -2.27.